The molecule has 0 aromatic carbocycles. The molecular weight excluding hydrogens is 340 g/mol. The molecule has 0 bridgehead atoms. The van der Waals surface area contributed by atoms with Crippen LogP contribution in [0, 0.1) is 0 Å². The third-order valence-electron chi connectivity index (χ3n) is 4.99. The number of nitrogens with zero attached hydrogens (tertiary/aromatic N) is 2. The summed E-state index contributed by atoms with van der Waals surface area (Å²) in [6, 6.07) is -1.19. The number of likely N-dealkylation sites (N-methyl/N-ethyl adjacent to an activating group) is 1. The maximum absolute atomic E-state index is 12.8. The average molecular weight is 370 g/mol. The fourth-order valence-electron chi connectivity index (χ4n) is 3.84. The number of ether oxygens (including phenoxy) is 1. The summed E-state index contributed by atoms with van der Waals surface area (Å²) in [6.07, 6.45) is -0.361. The molecule has 4 atom stereocenters. The van der Waals surface area contributed by atoms with Crippen molar-refractivity contribution in [3.8, 4) is 0 Å². The smallest absolute Gasteiger partial charge is 0.411 e. The number of nitrogens with two attached hydrogens (primary N) is 1. The van der Waals surface area contributed by atoms with Crippen molar-refractivity contribution in [3.63, 3.8) is 0 Å². The predicted molar refractivity (Wildman–Crippen MR) is 94.1 cm³/mol. The molecule has 26 heavy (non-hydrogen) atoms. The van der Waals surface area contributed by atoms with Gasteiger partial charge in [-0.3, -0.25) is 19.4 Å². The first kappa shape index (κ1) is 20.4. The van der Waals surface area contributed by atoms with E-state index >= 15 is 0 Å². The molecule has 148 valence electrons. The van der Waals surface area contributed by atoms with Crippen molar-refractivity contribution in [2.24, 2.45) is 5.73 Å². The van der Waals surface area contributed by atoms with E-state index in [0.29, 0.717) is 25.9 Å². The van der Waals surface area contributed by atoms with Crippen molar-refractivity contribution < 1.29 is 24.2 Å². The van der Waals surface area contributed by atoms with Crippen molar-refractivity contribution >= 4 is 17.9 Å². The Labute approximate surface area is 153 Å². The summed E-state index contributed by atoms with van der Waals surface area (Å²) >= 11 is 0. The van der Waals surface area contributed by atoms with Gasteiger partial charge in [0.1, 0.15) is 17.2 Å². The molecule has 0 aliphatic carbocycles. The second-order valence-corrected chi connectivity index (χ2v) is 8.28. The highest BCUT2D eigenvalue weighted by molar-refractivity contribution is 5.96. The van der Waals surface area contributed by atoms with Gasteiger partial charge in [0, 0.05) is 12.6 Å². The Morgan fingerprint density at radius 2 is 2.12 bits per heavy atom. The van der Waals surface area contributed by atoms with E-state index in [-0.39, 0.29) is 11.9 Å². The Balaban J connectivity index is 2.22. The zero-order chi connectivity index (χ0) is 19.9. The SMILES string of the molecule is C[C@@H](O)[C@@H](C(N)=O)N(C)CC1CCC2(CNC2=O)N1C(=O)OC(C)(C)C. The Hall–Kier alpha value is -1.87. The molecule has 2 heterocycles. The molecule has 2 aliphatic rings. The van der Waals surface area contributed by atoms with Crippen LogP contribution in [-0.4, -0.2) is 82.3 Å². The van der Waals surface area contributed by atoms with Gasteiger partial charge in [0.25, 0.3) is 0 Å². The Morgan fingerprint density at radius 3 is 2.50 bits per heavy atom. The van der Waals surface area contributed by atoms with E-state index < -0.39 is 35.3 Å². The maximum Gasteiger partial charge on any atom is 0.411 e. The van der Waals surface area contributed by atoms with Crippen molar-refractivity contribution in [1.29, 1.82) is 0 Å². The molecule has 9 heteroatoms. The quantitative estimate of drug-likeness (QED) is 0.556. The van der Waals surface area contributed by atoms with Crippen LogP contribution in [-0.2, 0) is 14.3 Å². The predicted octanol–water partition coefficient (Wildman–Crippen LogP) is -0.579. The van der Waals surface area contributed by atoms with Crippen LogP contribution in [0.2, 0.25) is 0 Å². The van der Waals surface area contributed by atoms with E-state index in [1.54, 1.807) is 32.7 Å². The minimum atomic E-state index is -0.949. The number of primary amides is 1. The Bertz CT molecular complexity index is 588. The standard InChI is InChI=1S/C17H30N4O5/c1-10(22)12(13(18)23)20(5)8-11-6-7-17(9-19-14(17)24)21(11)15(25)26-16(2,3)4/h10-12,22H,6-9H2,1-5H3,(H2,18,23)(H,19,24)/t10-,11?,12+,17?/m1/s1. The Morgan fingerprint density at radius 1 is 1.50 bits per heavy atom. The minimum Gasteiger partial charge on any atom is -0.444 e. The summed E-state index contributed by atoms with van der Waals surface area (Å²) in [4.78, 5) is 39.8. The van der Waals surface area contributed by atoms with Crippen LogP contribution in [0.25, 0.3) is 0 Å². The molecule has 0 aromatic rings. The molecule has 9 nitrogen and oxygen atoms in total. The highest BCUT2D eigenvalue weighted by Crippen LogP contribution is 2.39. The molecule has 2 unspecified atom stereocenters. The van der Waals surface area contributed by atoms with Crippen LogP contribution in [0.15, 0.2) is 0 Å². The second kappa shape index (κ2) is 7.03. The average Bonchev–Trinajstić information content (AvgIpc) is 2.84. The van der Waals surface area contributed by atoms with Crippen LogP contribution in [0.4, 0.5) is 4.79 Å². The molecule has 0 saturated carbocycles. The normalized spacial score (nSPS) is 27.9. The number of carbonyl (C=O) groups excluding carboxylic acids is 3. The summed E-state index contributed by atoms with van der Waals surface area (Å²) in [5.41, 5.74) is 3.82. The van der Waals surface area contributed by atoms with E-state index in [9.17, 15) is 19.5 Å². The molecule has 2 rings (SSSR count). The highest BCUT2D eigenvalue weighted by atomic mass is 16.6. The van der Waals surface area contributed by atoms with Gasteiger partial charge in [-0.15, -0.1) is 0 Å². The van der Waals surface area contributed by atoms with Gasteiger partial charge in [-0.1, -0.05) is 0 Å². The molecular formula is C17H30N4O5. The molecule has 2 aliphatic heterocycles. The number of hydrogen-bond donors (Lipinski definition) is 3. The van der Waals surface area contributed by atoms with Crippen molar-refractivity contribution in [2.45, 2.75) is 69.9 Å². The first-order valence-corrected chi connectivity index (χ1v) is 8.87. The van der Waals surface area contributed by atoms with Crippen LogP contribution in [0.5, 0.6) is 0 Å². The topological polar surface area (TPSA) is 125 Å². The van der Waals surface area contributed by atoms with Crippen molar-refractivity contribution in [1.82, 2.24) is 15.1 Å². The number of aliphatic hydroxyl groups excluding tert-OH is 1. The van der Waals surface area contributed by atoms with Crippen LogP contribution >= 0.6 is 0 Å². The van der Waals surface area contributed by atoms with Crippen molar-refractivity contribution in [3.05, 3.63) is 0 Å². The van der Waals surface area contributed by atoms with Gasteiger partial charge in [0.05, 0.1) is 12.6 Å². The fraction of sp³-hybridized carbons (Fsp3) is 0.824. The summed E-state index contributed by atoms with van der Waals surface area (Å²) < 4.78 is 5.52. The number of aliphatic hydroxyl groups is 1. The number of likely N-dealkylation sites (tertiary alicyclic amines) is 1. The number of nitrogens with one attached hydrogen (secondary N) is 1. The largest absolute Gasteiger partial charge is 0.444 e. The number of β-lactam (4-membered cyclic amide) rings is 1. The summed E-state index contributed by atoms with van der Waals surface area (Å²) in [5, 5.41) is 12.6. The second-order valence-electron chi connectivity index (χ2n) is 8.28. The van der Waals surface area contributed by atoms with E-state index in [0.717, 1.165) is 0 Å². The monoisotopic (exact) mass is 370 g/mol. The lowest BCUT2D eigenvalue weighted by Gasteiger charge is -2.46. The van der Waals surface area contributed by atoms with Gasteiger partial charge in [-0.2, -0.15) is 0 Å². The lowest BCUT2D eigenvalue weighted by molar-refractivity contribution is -0.142. The van der Waals surface area contributed by atoms with Gasteiger partial charge in [0.2, 0.25) is 11.8 Å². The number of hydrogen-bond acceptors (Lipinski definition) is 6. The first-order valence-electron chi connectivity index (χ1n) is 8.87. The summed E-state index contributed by atoms with van der Waals surface area (Å²) in [5.74, 6) is -0.823. The van der Waals surface area contributed by atoms with E-state index in [2.05, 4.69) is 5.32 Å². The van der Waals surface area contributed by atoms with Gasteiger partial charge in [-0.05, 0) is 47.6 Å². The molecule has 3 amide bonds. The third kappa shape index (κ3) is 3.78. The molecule has 0 aromatic heterocycles. The molecule has 2 saturated heterocycles. The van der Waals surface area contributed by atoms with Gasteiger partial charge in [0.15, 0.2) is 0 Å². The Kier molecular flexibility index (Phi) is 5.53. The number of amides is 3. The van der Waals surface area contributed by atoms with Crippen LogP contribution < -0.4 is 11.1 Å². The van der Waals surface area contributed by atoms with Gasteiger partial charge < -0.3 is 20.9 Å². The summed E-state index contributed by atoms with van der Waals surface area (Å²) in [6.45, 7) is 7.49. The first-order chi connectivity index (χ1) is 11.9. The molecule has 2 fully saturated rings. The molecule has 0 radical (unpaired) electrons. The zero-order valence-corrected chi connectivity index (χ0v) is 16.1. The lowest BCUT2D eigenvalue weighted by Crippen LogP contribution is -2.73. The number of rotatable bonds is 5. The third-order valence-corrected chi connectivity index (χ3v) is 4.99. The molecule has 1 spiro atoms. The van der Waals surface area contributed by atoms with Gasteiger partial charge in [-0.25, -0.2) is 4.79 Å². The van der Waals surface area contributed by atoms with E-state index in [1.807, 2.05) is 0 Å². The molecule has 4 N–H and O–H groups in total. The van der Waals surface area contributed by atoms with Gasteiger partial charge >= 0.3 is 6.09 Å². The van der Waals surface area contributed by atoms with Crippen molar-refractivity contribution in [2.75, 3.05) is 20.1 Å². The highest BCUT2D eigenvalue weighted by Gasteiger charge is 2.60. The van der Waals surface area contributed by atoms with E-state index in [4.69, 9.17) is 10.5 Å². The van der Waals surface area contributed by atoms with Crippen LogP contribution in [0.1, 0.15) is 40.5 Å². The zero-order valence-electron chi connectivity index (χ0n) is 16.1. The fourth-order valence-corrected chi connectivity index (χ4v) is 3.84. The van der Waals surface area contributed by atoms with E-state index in [1.165, 1.54) is 11.8 Å². The summed E-state index contributed by atoms with van der Waals surface area (Å²) in [7, 11) is 1.67. The van der Waals surface area contributed by atoms with Crippen LogP contribution in [0.3, 0.4) is 0 Å². The maximum atomic E-state index is 12.8. The minimum absolute atomic E-state index is 0.185. The lowest BCUT2D eigenvalue weighted by atomic mass is 9.88. The number of carbonyl (C=O) groups is 3.